The summed E-state index contributed by atoms with van der Waals surface area (Å²) in [5, 5.41) is 0.101. The molecule has 0 unspecified atom stereocenters. The minimum atomic E-state index is -0.427. The number of halogens is 1. The van der Waals surface area contributed by atoms with Crippen molar-refractivity contribution in [2.45, 2.75) is 6.04 Å². The fourth-order valence-corrected chi connectivity index (χ4v) is 2.20. The molecule has 1 aromatic carbocycles. The van der Waals surface area contributed by atoms with Crippen LogP contribution in [0.3, 0.4) is 0 Å². The average Bonchev–Trinajstić information content (AvgIpc) is 2.82. The molecule has 0 radical (unpaired) electrons. The Balaban J connectivity index is 2.00. The first-order chi connectivity index (χ1) is 9.25. The molecule has 0 saturated carbocycles. The van der Waals surface area contributed by atoms with E-state index < -0.39 is 6.09 Å². The van der Waals surface area contributed by atoms with E-state index in [1.165, 1.54) is 11.1 Å². The van der Waals surface area contributed by atoms with Crippen LogP contribution in [-0.2, 0) is 4.74 Å². The van der Waals surface area contributed by atoms with E-state index in [0.29, 0.717) is 12.4 Å². The SMILES string of the molecule is O=C1OC[C@@H](c2ccccc2)N1c1ccnc(Cl)n1. The first-order valence-corrected chi connectivity index (χ1v) is 6.13. The van der Waals surface area contributed by atoms with Gasteiger partial charge in [0.15, 0.2) is 0 Å². The van der Waals surface area contributed by atoms with E-state index in [-0.39, 0.29) is 11.3 Å². The van der Waals surface area contributed by atoms with Crippen molar-refractivity contribution in [1.29, 1.82) is 0 Å². The molecular formula is C13H10ClN3O2. The standard InChI is InChI=1S/C13H10ClN3O2/c14-12-15-7-6-11(16-12)17-10(8-19-13(17)18)9-4-2-1-3-5-9/h1-7,10H,8H2/t10-/m0/s1. The third-order valence-corrected chi connectivity index (χ3v) is 3.10. The summed E-state index contributed by atoms with van der Waals surface area (Å²) >= 11 is 5.76. The predicted octanol–water partition coefficient (Wildman–Crippen LogP) is 2.83. The van der Waals surface area contributed by atoms with Gasteiger partial charge in [0.1, 0.15) is 18.5 Å². The van der Waals surface area contributed by atoms with Gasteiger partial charge in [-0.25, -0.2) is 14.8 Å². The number of ether oxygens (including phenoxy) is 1. The number of aromatic nitrogens is 2. The van der Waals surface area contributed by atoms with Gasteiger partial charge in [0.05, 0.1) is 0 Å². The highest BCUT2D eigenvalue weighted by Crippen LogP contribution is 2.31. The Morgan fingerprint density at radius 3 is 2.79 bits per heavy atom. The summed E-state index contributed by atoms with van der Waals surface area (Å²) in [6.45, 7) is 0.296. The van der Waals surface area contributed by atoms with E-state index in [2.05, 4.69) is 9.97 Å². The van der Waals surface area contributed by atoms with Crippen molar-refractivity contribution < 1.29 is 9.53 Å². The molecule has 1 saturated heterocycles. The van der Waals surface area contributed by atoms with Crippen LogP contribution in [0, 0.1) is 0 Å². The minimum Gasteiger partial charge on any atom is -0.447 e. The Morgan fingerprint density at radius 1 is 1.26 bits per heavy atom. The maximum Gasteiger partial charge on any atom is 0.416 e. The lowest BCUT2D eigenvalue weighted by molar-refractivity contribution is 0.179. The number of nitrogens with zero attached hydrogens (tertiary/aromatic N) is 3. The summed E-state index contributed by atoms with van der Waals surface area (Å²) in [6.07, 6.45) is 1.09. The van der Waals surface area contributed by atoms with E-state index >= 15 is 0 Å². The van der Waals surface area contributed by atoms with Crippen LogP contribution in [0.15, 0.2) is 42.6 Å². The fourth-order valence-electron chi connectivity index (χ4n) is 2.06. The van der Waals surface area contributed by atoms with Crippen LogP contribution in [0.1, 0.15) is 11.6 Å². The van der Waals surface area contributed by atoms with E-state index in [0.717, 1.165) is 5.56 Å². The second kappa shape index (κ2) is 4.85. The molecule has 1 atom stereocenters. The summed E-state index contributed by atoms with van der Waals surface area (Å²) in [7, 11) is 0. The summed E-state index contributed by atoms with van der Waals surface area (Å²) in [5.41, 5.74) is 0.989. The van der Waals surface area contributed by atoms with Gasteiger partial charge in [-0.2, -0.15) is 0 Å². The van der Waals surface area contributed by atoms with Crippen LogP contribution in [0.25, 0.3) is 0 Å². The Bertz CT molecular complexity index is 606. The molecule has 2 heterocycles. The molecule has 0 bridgehead atoms. The lowest BCUT2D eigenvalue weighted by Gasteiger charge is -2.20. The van der Waals surface area contributed by atoms with E-state index in [9.17, 15) is 4.79 Å². The van der Waals surface area contributed by atoms with Gasteiger partial charge in [-0.15, -0.1) is 0 Å². The third-order valence-electron chi connectivity index (χ3n) is 2.92. The molecule has 1 aliphatic rings. The molecule has 0 N–H and O–H groups in total. The van der Waals surface area contributed by atoms with Crippen LogP contribution in [0.2, 0.25) is 5.28 Å². The van der Waals surface area contributed by atoms with Gasteiger partial charge in [0.2, 0.25) is 5.28 Å². The summed E-state index contributed by atoms with van der Waals surface area (Å²) in [6, 6.07) is 11.1. The number of cyclic esters (lactones) is 1. The highest BCUT2D eigenvalue weighted by Gasteiger charge is 2.36. The quantitative estimate of drug-likeness (QED) is 0.791. The van der Waals surface area contributed by atoms with Crippen molar-refractivity contribution in [3.63, 3.8) is 0 Å². The lowest BCUT2D eigenvalue weighted by Crippen LogP contribution is -2.28. The van der Waals surface area contributed by atoms with Crippen LogP contribution in [0.4, 0.5) is 10.6 Å². The molecule has 0 spiro atoms. The summed E-state index contributed by atoms with van der Waals surface area (Å²) < 4.78 is 5.11. The maximum absolute atomic E-state index is 11.9. The topological polar surface area (TPSA) is 55.3 Å². The zero-order valence-corrected chi connectivity index (χ0v) is 10.6. The van der Waals surface area contributed by atoms with E-state index in [4.69, 9.17) is 16.3 Å². The number of carbonyl (C=O) groups excluding carboxylic acids is 1. The van der Waals surface area contributed by atoms with E-state index in [1.54, 1.807) is 6.07 Å². The molecule has 19 heavy (non-hydrogen) atoms. The highest BCUT2D eigenvalue weighted by molar-refractivity contribution is 6.28. The molecule has 1 amide bonds. The number of benzene rings is 1. The van der Waals surface area contributed by atoms with Crippen molar-refractivity contribution in [2.24, 2.45) is 0 Å². The zero-order chi connectivity index (χ0) is 13.2. The second-order valence-electron chi connectivity index (χ2n) is 4.06. The van der Waals surface area contributed by atoms with Gasteiger partial charge in [0, 0.05) is 6.20 Å². The third kappa shape index (κ3) is 2.24. The fraction of sp³-hybridized carbons (Fsp3) is 0.154. The number of carbonyl (C=O) groups is 1. The van der Waals surface area contributed by atoms with Crippen molar-refractivity contribution in [1.82, 2.24) is 9.97 Å². The van der Waals surface area contributed by atoms with Crippen LogP contribution < -0.4 is 4.90 Å². The number of anilines is 1. The Kier molecular flexibility index (Phi) is 3.05. The van der Waals surface area contributed by atoms with Crippen molar-refractivity contribution in [3.05, 3.63) is 53.4 Å². The zero-order valence-electron chi connectivity index (χ0n) is 9.86. The summed E-state index contributed by atoms with van der Waals surface area (Å²) in [4.78, 5) is 21.2. The Morgan fingerprint density at radius 2 is 2.05 bits per heavy atom. The smallest absolute Gasteiger partial charge is 0.416 e. The number of hydrogen-bond acceptors (Lipinski definition) is 4. The number of amides is 1. The first-order valence-electron chi connectivity index (χ1n) is 5.75. The molecule has 5 nitrogen and oxygen atoms in total. The maximum atomic E-state index is 11.9. The van der Waals surface area contributed by atoms with Crippen molar-refractivity contribution in [3.8, 4) is 0 Å². The molecule has 3 rings (SSSR count). The van der Waals surface area contributed by atoms with Crippen LogP contribution in [-0.4, -0.2) is 22.7 Å². The van der Waals surface area contributed by atoms with Crippen LogP contribution in [0.5, 0.6) is 0 Å². The largest absolute Gasteiger partial charge is 0.447 e. The molecule has 6 heteroatoms. The molecule has 1 aliphatic heterocycles. The van der Waals surface area contributed by atoms with Gasteiger partial charge in [-0.05, 0) is 23.2 Å². The number of rotatable bonds is 2. The van der Waals surface area contributed by atoms with Crippen molar-refractivity contribution in [2.75, 3.05) is 11.5 Å². The van der Waals surface area contributed by atoms with E-state index in [1.807, 2.05) is 30.3 Å². The molecule has 1 fully saturated rings. The molecule has 0 aliphatic carbocycles. The Hall–Kier alpha value is -2.14. The average molecular weight is 276 g/mol. The molecule has 2 aromatic rings. The van der Waals surface area contributed by atoms with Gasteiger partial charge < -0.3 is 4.74 Å². The van der Waals surface area contributed by atoms with Gasteiger partial charge in [-0.1, -0.05) is 30.3 Å². The first kappa shape index (κ1) is 11.9. The monoisotopic (exact) mass is 275 g/mol. The second-order valence-corrected chi connectivity index (χ2v) is 4.40. The van der Waals surface area contributed by atoms with Crippen LogP contribution >= 0.6 is 11.6 Å². The minimum absolute atomic E-state index is 0.101. The van der Waals surface area contributed by atoms with Gasteiger partial charge in [-0.3, -0.25) is 4.90 Å². The lowest BCUT2D eigenvalue weighted by atomic mass is 10.1. The normalized spacial score (nSPS) is 18.5. The molecule has 96 valence electrons. The van der Waals surface area contributed by atoms with Gasteiger partial charge >= 0.3 is 6.09 Å². The highest BCUT2D eigenvalue weighted by atomic mass is 35.5. The molecule has 1 aromatic heterocycles. The summed E-state index contributed by atoms with van der Waals surface area (Å²) in [5.74, 6) is 0.441. The van der Waals surface area contributed by atoms with Gasteiger partial charge in [0.25, 0.3) is 0 Å². The predicted molar refractivity (Wildman–Crippen MR) is 70.1 cm³/mol. The van der Waals surface area contributed by atoms with Crippen molar-refractivity contribution >= 4 is 23.5 Å². The molecular weight excluding hydrogens is 266 g/mol. The Labute approximate surface area is 114 Å². The number of hydrogen-bond donors (Lipinski definition) is 0.